The Labute approximate surface area is 126 Å². The Hall–Kier alpha value is -2.58. The van der Waals surface area contributed by atoms with Crippen molar-refractivity contribution in [2.45, 2.75) is 19.4 Å². The third-order valence-electron chi connectivity index (χ3n) is 3.53. The van der Waals surface area contributed by atoms with Crippen LogP contribution in [0.3, 0.4) is 0 Å². The molecule has 3 rings (SSSR count). The molecule has 0 aliphatic heterocycles. The number of hydrogen-bond donors (Lipinski definition) is 3. The van der Waals surface area contributed by atoms with E-state index in [0.717, 1.165) is 5.52 Å². The summed E-state index contributed by atoms with van der Waals surface area (Å²) in [5, 5.41) is 19.6. The number of anilines is 1. The molecule has 0 fully saturated rings. The fourth-order valence-electron chi connectivity index (χ4n) is 2.28. The molecular formula is C14H16N6O2. The van der Waals surface area contributed by atoms with Gasteiger partial charge in [0.15, 0.2) is 0 Å². The predicted molar refractivity (Wildman–Crippen MR) is 80.3 cm³/mol. The van der Waals surface area contributed by atoms with Crippen molar-refractivity contribution in [3.8, 4) is 5.95 Å². The maximum atomic E-state index is 10.2. The fraction of sp³-hybridized carbons (Fsp3) is 0.286. The standard InChI is InChI=1S/C14H16N6O2/c1-8-18-10-4-3-9(14(2,22)6-21)5-11(10)20(8)13-17-7-16-12(15)19-13/h3-5,7,21-22H,6H2,1-2H3,(H2,15,16,17,19). The first-order valence-corrected chi connectivity index (χ1v) is 6.70. The second-order valence-electron chi connectivity index (χ2n) is 5.27. The van der Waals surface area contributed by atoms with Gasteiger partial charge in [-0.2, -0.15) is 4.98 Å². The molecule has 0 spiro atoms. The number of nitrogens with two attached hydrogens (primary N) is 1. The molecule has 8 heteroatoms. The largest absolute Gasteiger partial charge is 0.393 e. The average molecular weight is 300 g/mol. The summed E-state index contributed by atoms with van der Waals surface area (Å²) < 4.78 is 1.73. The summed E-state index contributed by atoms with van der Waals surface area (Å²) in [6.07, 6.45) is 1.33. The number of aliphatic hydroxyl groups is 2. The van der Waals surface area contributed by atoms with Gasteiger partial charge in [-0.1, -0.05) is 6.07 Å². The van der Waals surface area contributed by atoms with E-state index in [1.807, 2.05) is 6.92 Å². The fourth-order valence-corrected chi connectivity index (χ4v) is 2.28. The minimum absolute atomic E-state index is 0.116. The lowest BCUT2D eigenvalue weighted by molar-refractivity contribution is -0.00219. The normalized spacial score (nSPS) is 14.2. The minimum atomic E-state index is -1.34. The number of aryl methyl sites for hydroxylation is 1. The van der Waals surface area contributed by atoms with Crippen molar-refractivity contribution >= 4 is 17.0 Å². The van der Waals surface area contributed by atoms with E-state index in [1.54, 1.807) is 29.7 Å². The summed E-state index contributed by atoms with van der Waals surface area (Å²) in [5.41, 5.74) is 6.29. The molecule has 0 saturated heterocycles. The van der Waals surface area contributed by atoms with Crippen LogP contribution in [-0.2, 0) is 5.60 Å². The summed E-state index contributed by atoms with van der Waals surface area (Å²) >= 11 is 0. The van der Waals surface area contributed by atoms with Gasteiger partial charge in [-0.25, -0.2) is 15.0 Å². The molecule has 1 unspecified atom stereocenters. The van der Waals surface area contributed by atoms with Gasteiger partial charge in [-0.05, 0) is 31.5 Å². The van der Waals surface area contributed by atoms with Crippen molar-refractivity contribution in [3.63, 3.8) is 0 Å². The molecule has 114 valence electrons. The highest BCUT2D eigenvalue weighted by atomic mass is 16.3. The van der Waals surface area contributed by atoms with Gasteiger partial charge in [0.25, 0.3) is 0 Å². The number of hydrogen-bond acceptors (Lipinski definition) is 7. The quantitative estimate of drug-likeness (QED) is 0.635. The van der Waals surface area contributed by atoms with Crippen molar-refractivity contribution in [1.82, 2.24) is 24.5 Å². The molecule has 0 aliphatic rings. The predicted octanol–water partition coefficient (Wildman–Crippen LogP) is 0.301. The Morgan fingerprint density at radius 1 is 1.27 bits per heavy atom. The minimum Gasteiger partial charge on any atom is -0.393 e. The second-order valence-corrected chi connectivity index (χ2v) is 5.27. The first kappa shape index (κ1) is 14.4. The van der Waals surface area contributed by atoms with Crippen LogP contribution in [0.5, 0.6) is 0 Å². The average Bonchev–Trinajstić information content (AvgIpc) is 2.82. The van der Waals surface area contributed by atoms with Gasteiger partial charge in [-0.3, -0.25) is 4.57 Å². The third-order valence-corrected chi connectivity index (χ3v) is 3.53. The highest BCUT2D eigenvalue weighted by Crippen LogP contribution is 2.26. The SMILES string of the molecule is Cc1nc2ccc(C(C)(O)CO)cc2n1-c1ncnc(N)n1. The Bertz CT molecular complexity index is 842. The molecule has 8 nitrogen and oxygen atoms in total. The topological polar surface area (TPSA) is 123 Å². The summed E-state index contributed by atoms with van der Waals surface area (Å²) in [5.74, 6) is 1.15. The van der Waals surface area contributed by atoms with Crippen LogP contribution in [0.2, 0.25) is 0 Å². The molecule has 22 heavy (non-hydrogen) atoms. The number of aliphatic hydroxyl groups excluding tert-OH is 1. The molecular weight excluding hydrogens is 284 g/mol. The molecule has 0 saturated carbocycles. The van der Waals surface area contributed by atoms with E-state index in [2.05, 4.69) is 19.9 Å². The Kier molecular flexibility index (Phi) is 3.27. The zero-order valence-electron chi connectivity index (χ0n) is 12.2. The van der Waals surface area contributed by atoms with Gasteiger partial charge in [0, 0.05) is 0 Å². The first-order chi connectivity index (χ1) is 10.4. The molecule has 4 N–H and O–H groups in total. The molecule has 0 aliphatic carbocycles. The van der Waals surface area contributed by atoms with Gasteiger partial charge in [-0.15, -0.1) is 0 Å². The van der Waals surface area contributed by atoms with Crippen molar-refractivity contribution in [3.05, 3.63) is 35.9 Å². The van der Waals surface area contributed by atoms with Gasteiger partial charge >= 0.3 is 0 Å². The van der Waals surface area contributed by atoms with Crippen molar-refractivity contribution in [2.24, 2.45) is 0 Å². The van der Waals surface area contributed by atoms with E-state index >= 15 is 0 Å². The molecule has 2 heterocycles. The highest BCUT2D eigenvalue weighted by Gasteiger charge is 2.23. The van der Waals surface area contributed by atoms with Gasteiger partial charge in [0.05, 0.1) is 17.6 Å². The zero-order chi connectivity index (χ0) is 15.9. The monoisotopic (exact) mass is 300 g/mol. The summed E-state index contributed by atoms with van der Waals surface area (Å²) in [4.78, 5) is 16.4. The van der Waals surface area contributed by atoms with Gasteiger partial charge in [0.1, 0.15) is 17.8 Å². The van der Waals surface area contributed by atoms with E-state index in [0.29, 0.717) is 22.9 Å². The van der Waals surface area contributed by atoms with E-state index in [4.69, 9.17) is 5.73 Å². The number of imidazole rings is 1. The lowest BCUT2D eigenvalue weighted by atomic mass is 9.97. The van der Waals surface area contributed by atoms with Crippen LogP contribution in [0.25, 0.3) is 17.0 Å². The summed E-state index contributed by atoms with van der Waals surface area (Å²) in [7, 11) is 0. The number of aromatic nitrogens is 5. The van der Waals surface area contributed by atoms with Crippen LogP contribution in [-0.4, -0.2) is 41.3 Å². The van der Waals surface area contributed by atoms with E-state index in [-0.39, 0.29) is 12.6 Å². The molecule has 0 radical (unpaired) electrons. The lowest BCUT2D eigenvalue weighted by Gasteiger charge is -2.20. The molecule has 1 atom stereocenters. The van der Waals surface area contributed by atoms with Crippen molar-refractivity contribution in [2.75, 3.05) is 12.3 Å². The number of fused-ring (bicyclic) bond motifs is 1. The lowest BCUT2D eigenvalue weighted by Crippen LogP contribution is -2.25. The number of rotatable bonds is 3. The third kappa shape index (κ3) is 2.28. The highest BCUT2D eigenvalue weighted by molar-refractivity contribution is 5.78. The van der Waals surface area contributed by atoms with Crippen molar-refractivity contribution in [1.29, 1.82) is 0 Å². The molecule has 2 aromatic heterocycles. The Morgan fingerprint density at radius 2 is 2.05 bits per heavy atom. The Balaban J connectivity index is 2.26. The Morgan fingerprint density at radius 3 is 2.73 bits per heavy atom. The molecule has 3 aromatic rings. The first-order valence-electron chi connectivity index (χ1n) is 6.70. The molecule has 0 amide bonds. The zero-order valence-corrected chi connectivity index (χ0v) is 12.2. The van der Waals surface area contributed by atoms with Crippen LogP contribution >= 0.6 is 0 Å². The van der Waals surface area contributed by atoms with Crippen LogP contribution in [0.1, 0.15) is 18.3 Å². The molecule has 0 bridgehead atoms. The molecule has 1 aromatic carbocycles. The van der Waals surface area contributed by atoms with Crippen LogP contribution in [0.15, 0.2) is 24.5 Å². The smallest absolute Gasteiger partial charge is 0.240 e. The van der Waals surface area contributed by atoms with E-state index in [1.165, 1.54) is 6.33 Å². The van der Waals surface area contributed by atoms with E-state index < -0.39 is 5.60 Å². The second kappa shape index (κ2) is 5.00. The van der Waals surface area contributed by atoms with Gasteiger partial charge in [0.2, 0.25) is 11.9 Å². The van der Waals surface area contributed by atoms with Crippen molar-refractivity contribution < 1.29 is 10.2 Å². The number of nitrogen functional groups attached to an aromatic ring is 1. The number of nitrogens with zero attached hydrogens (tertiary/aromatic N) is 5. The maximum absolute atomic E-state index is 10.2. The van der Waals surface area contributed by atoms with Crippen LogP contribution in [0.4, 0.5) is 5.95 Å². The summed E-state index contributed by atoms with van der Waals surface area (Å²) in [6.45, 7) is 2.98. The van der Waals surface area contributed by atoms with Crippen LogP contribution in [0, 0.1) is 6.92 Å². The number of benzene rings is 1. The summed E-state index contributed by atoms with van der Waals surface area (Å²) in [6, 6.07) is 5.27. The van der Waals surface area contributed by atoms with E-state index in [9.17, 15) is 10.2 Å². The van der Waals surface area contributed by atoms with Gasteiger partial charge < -0.3 is 15.9 Å². The maximum Gasteiger partial charge on any atom is 0.240 e. The van der Waals surface area contributed by atoms with Crippen LogP contribution < -0.4 is 5.73 Å².